The molecule has 0 saturated heterocycles. The summed E-state index contributed by atoms with van der Waals surface area (Å²) in [6.45, 7) is 9.12. The van der Waals surface area contributed by atoms with Gasteiger partial charge in [0.1, 0.15) is 5.82 Å². The Labute approximate surface area is 113 Å². The van der Waals surface area contributed by atoms with Gasteiger partial charge in [-0.05, 0) is 17.4 Å². The molecular weight excluding hydrogens is 250 g/mol. The van der Waals surface area contributed by atoms with Crippen molar-refractivity contribution in [2.24, 2.45) is 11.3 Å². The summed E-state index contributed by atoms with van der Waals surface area (Å²) in [4.78, 5) is 15.8. The van der Waals surface area contributed by atoms with Crippen LogP contribution >= 0.6 is 11.6 Å². The normalized spacial score (nSPS) is 13.2. The van der Waals surface area contributed by atoms with E-state index in [4.69, 9.17) is 17.3 Å². The first-order valence-corrected chi connectivity index (χ1v) is 6.29. The van der Waals surface area contributed by atoms with Crippen molar-refractivity contribution < 1.29 is 4.79 Å². The summed E-state index contributed by atoms with van der Waals surface area (Å²) in [5.74, 6) is 0.429. The molecule has 0 saturated carbocycles. The fourth-order valence-electron chi connectivity index (χ4n) is 1.28. The molecule has 0 bridgehead atoms. The number of anilines is 1. The molecule has 1 rings (SSSR count). The molecule has 0 aliphatic heterocycles. The van der Waals surface area contributed by atoms with Gasteiger partial charge in [-0.3, -0.25) is 4.79 Å². The molecule has 1 amide bonds. The zero-order valence-corrected chi connectivity index (χ0v) is 12.0. The lowest BCUT2D eigenvalue weighted by Gasteiger charge is -2.27. The van der Waals surface area contributed by atoms with Gasteiger partial charge >= 0.3 is 0 Å². The van der Waals surface area contributed by atoms with Crippen molar-refractivity contribution in [2.75, 3.05) is 12.3 Å². The molecular formula is C13H20ClN3O. The highest BCUT2D eigenvalue weighted by molar-refractivity contribution is 6.33. The molecule has 4 nitrogen and oxygen atoms in total. The largest absolute Gasteiger partial charge is 0.384 e. The molecule has 0 fully saturated rings. The summed E-state index contributed by atoms with van der Waals surface area (Å²) in [6, 6.07) is 1.49. The van der Waals surface area contributed by atoms with E-state index in [0.29, 0.717) is 23.0 Å². The van der Waals surface area contributed by atoms with Gasteiger partial charge in [-0.1, -0.05) is 39.3 Å². The van der Waals surface area contributed by atoms with Gasteiger partial charge in [-0.2, -0.15) is 0 Å². The minimum Gasteiger partial charge on any atom is -0.384 e. The van der Waals surface area contributed by atoms with Gasteiger partial charge < -0.3 is 11.1 Å². The van der Waals surface area contributed by atoms with E-state index >= 15 is 0 Å². The van der Waals surface area contributed by atoms with E-state index < -0.39 is 0 Å². The average Bonchev–Trinajstić information content (AvgIpc) is 2.27. The predicted molar refractivity (Wildman–Crippen MR) is 74.6 cm³/mol. The number of amides is 1. The molecule has 3 N–H and O–H groups in total. The highest BCUT2D eigenvalue weighted by atomic mass is 35.5. The molecule has 5 heteroatoms. The maximum atomic E-state index is 12.0. The third-order valence-corrected chi connectivity index (χ3v) is 3.47. The predicted octanol–water partition coefficient (Wildman–Crippen LogP) is 2.73. The summed E-state index contributed by atoms with van der Waals surface area (Å²) in [5, 5.41) is 3.18. The third-order valence-electron chi connectivity index (χ3n) is 3.17. The van der Waals surface area contributed by atoms with Crippen molar-refractivity contribution in [3.63, 3.8) is 0 Å². The number of hydrogen-bond acceptors (Lipinski definition) is 3. The van der Waals surface area contributed by atoms with E-state index in [-0.39, 0.29) is 17.1 Å². The maximum absolute atomic E-state index is 12.0. The van der Waals surface area contributed by atoms with Crippen molar-refractivity contribution in [1.82, 2.24) is 10.3 Å². The number of nitrogens with zero attached hydrogens (tertiary/aromatic N) is 1. The van der Waals surface area contributed by atoms with Gasteiger partial charge in [-0.25, -0.2) is 4.98 Å². The first-order chi connectivity index (χ1) is 8.21. The van der Waals surface area contributed by atoms with Crippen LogP contribution in [0.1, 0.15) is 38.1 Å². The van der Waals surface area contributed by atoms with Crippen LogP contribution in [0.25, 0.3) is 0 Å². The zero-order chi connectivity index (χ0) is 13.9. The molecule has 18 heavy (non-hydrogen) atoms. The van der Waals surface area contributed by atoms with E-state index in [2.05, 4.69) is 38.0 Å². The number of carbonyl (C=O) groups excluding carboxylic acids is 1. The lowest BCUT2D eigenvalue weighted by Crippen LogP contribution is -2.33. The van der Waals surface area contributed by atoms with E-state index in [1.165, 1.54) is 12.3 Å². The third kappa shape index (κ3) is 3.88. The Morgan fingerprint density at radius 3 is 2.72 bits per heavy atom. The van der Waals surface area contributed by atoms with Crippen LogP contribution in [0.5, 0.6) is 0 Å². The van der Waals surface area contributed by atoms with Crippen molar-refractivity contribution in [3.8, 4) is 0 Å². The van der Waals surface area contributed by atoms with Gasteiger partial charge in [0.25, 0.3) is 5.91 Å². The SMILES string of the molecule is CC(CNC(=O)c1cc(N)ncc1Cl)C(C)(C)C. The molecule has 1 unspecified atom stereocenters. The molecule has 0 aliphatic rings. The Bertz CT molecular complexity index is 440. The van der Waals surface area contributed by atoms with E-state index in [0.717, 1.165) is 0 Å². The Balaban J connectivity index is 2.69. The smallest absolute Gasteiger partial charge is 0.252 e. The van der Waals surface area contributed by atoms with E-state index in [1.54, 1.807) is 0 Å². The molecule has 1 aromatic rings. The lowest BCUT2D eigenvalue weighted by atomic mass is 9.82. The van der Waals surface area contributed by atoms with Crippen LogP contribution in [0, 0.1) is 11.3 Å². The number of carbonyl (C=O) groups is 1. The Morgan fingerprint density at radius 2 is 2.17 bits per heavy atom. The number of halogens is 1. The fraction of sp³-hybridized carbons (Fsp3) is 0.538. The maximum Gasteiger partial charge on any atom is 0.252 e. The Hall–Kier alpha value is -1.29. The van der Waals surface area contributed by atoms with Gasteiger partial charge in [0.15, 0.2) is 0 Å². The van der Waals surface area contributed by atoms with Gasteiger partial charge in [0.2, 0.25) is 0 Å². The number of nitrogens with one attached hydrogen (secondary N) is 1. The number of nitrogens with two attached hydrogens (primary N) is 1. The summed E-state index contributed by atoms with van der Waals surface area (Å²) < 4.78 is 0. The number of nitrogen functional groups attached to an aromatic ring is 1. The molecule has 100 valence electrons. The minimum atomic E-state index is -0.217. The van der Waals surface area contributed by atoms with Crippen LogP contribution in [0.2, 0.25) is 5.02 Å². The van der Waals surface area contributed by atoms with Crippen molar-refractivity contribution >= 4 is 23.3 Å². The van der Waals surface area contributed by atoms with Crippen LogP contribution in [0.15, 0.2) is 12.3 Å². The summed E-state index contributed by atoms with van der Waals surface area (Å²) in [6.07, 6.45) is 1.39. The second kappa shape index (κ2) is 5.57. The zero-order valence-electron chi connectivity index (χ0n) is 11.2. The standard InChI is InChI=1S/C13H20ClN3O/c1-8(13(2,3)4)6-17-12(18)9-5-11(15)16-7-10(9)14/h5,7-8H,6H2,1-4H3,(H2,15,16)(H,17,18). The van der Waals surface area contributed by atoms with Crippen LogP contribution < -0.4 is 11.1 Å². The van der Waals surface area contributed by atoms with E-state index in [1.807, 2.05) is 0 Å². The second-order valence-corrected chi connectivity index (χ2v) is 5.97. The van der Waals surface area contributed by atoms with Crippen LogP contribution in [-0.2, 0) is 0 Å². The first kappa shape index (κ1) is 14.8. The Kier molecular flexibility index (Phi) is 4.57. The van der Waals surface area contributed by atoms with Gasteiger partial charge in [0, 0.05) is 12.7 Å². The summed E-state index contributed by atoms with van der Waals surface area (Å²) in [7, 11) is 0. The van der Waals surface area contributed by atoms with Crippen LogP contribution in [0.3, 0.4) is 0 Å². The number of aromatic nitrogens is 1. The summed E-state index contributed by atoms with van der Waals surface area (Å²) >= 11 is 5.92. The van der Waals surface area contributed by atoms with Crippen LogP contribution in [-0.4, -0.2) is 17.4 Å². The second-order valence-electron chi connectivity index (χ2n) is 5.57. The minimum absolute atomic E-state index is 0.147. The van der Waals surface area contributed by atoms with Crippen molar-refractivity contribution in [2.45, 2.75) is 27.7 Å². The Morgan fingerprint density at radius 1 is 1.56 bits per heavy atom. The molecule has 1 atom stereocenters. The molecule has 1 heterocycles. The number of hydrogen-bond donors (Lipinski definition) is 2. The molecule has 0 aliphatic carbocycles. The van der Waals surface area contributed by atoms with Gasteiger partial charge in [0.05, 0.1) is 10.6 Å². The quantitative estimate of drug-likeness (QED) is 0.887. The fourth-order valence-corrected chi connectivity index (χ4v) is 1.47. The van der Waals surface area contributed by atoms with Crippen molar-refractivity contribution in [1.29, 1.82) is 0 Å². The van der Waals surface area contributed by atoms with Crippen LogP contribution in [0.4, 0.5) is 5.82 Å². The molecule has 0 radical (unpaired) electrons. The summed E-state index contributed by atoms with van der Waals surface area (Å²) in [5.41, 5.74) is 6.05. The topological polar surface area (TPSA) is 68.0 Å². The average molecular weight is 270 g/mol. The first-order valence-electron chi connectivity index (χ1n) is 5.91. The number of pyridine rings is 1. The lowest BCUT2D eigenvalue weighted by molar-refractivity contribution is 0.0937. The molecule has 1 aromatic heterocycles. The monoisotopic (exact) mass is 269 g/mol. The highest BCUT2D eigenvalue weighted by Crippen LogP contribution is 2.24. The number of rotatable bonds is 3. The van der Waals surface area contributed by atoms with E-state index in [9.17, 15) is 4.79 Å². The van der Waals surface area contributed by atoms with Crippen molar-refractivity contribution in [3.05, 3.63) is 22.8 Å². The van der Waals surface area contributed by atoms with Gasteiger partial charge in [-0.15, -0.1) is 0 Å². The molecule has 0 aromatic carbocycles. The highest BCUT2D eigenvalue weighted by Gasteiger charge is 2.21. The molecule has 0 spiro atoms.